The minimum atomic E-state index is -0.0549. The molecule has 1 aliphatic carbocycles. The minimum Gasteiger partial charge on any atom is -0.507 e. The van der Waals surface area contributed by atoms with Crippen LogP contribution in [0.5, 0.6) is 5.75 Å². The van der Waals surface area contributed by atoms with E-state index in [0.717, 1.165) is 49.9 Å². The molecule has 4 rings (SSSR count). The Balaban J connectivity index is 1.56. The zero-order valence-corrected chi connectivity index (χ0v) is 16.5. The summed E-state index contributed by atoms with van der Waals surface area (Å²) in [6.07, 6.45) is 8.26. The lowest BCUT2D eigenvalue weighted by molar-refractivity contribution is -0.129. The van der Waals surface area contributed by atoms with E-state index in [9.17, 15) is 9.90 Å². The molecular weight excluding hydrogens is 364 g/mol. The predicted molar refractivity (Wildman–Crippen MR) is 116 cm³/mol. The maximum absolute atomic E-state index is 12.3. The van der Waals surface area contributed by atoms with Gasteiger partial charge in [-0.3, -0.25) is 4.79 Å². The van der Waals surface area contributed by atoms with Gasteiger partial charge in [-0.05, 0) is 62.5 Å². The molecule has 152 valence electrons. The number of hydrogen-bond acceptors (Lipinski definition) is 4. The van der Waals surface area contributed by atoms with Crippen molar-refractivity contribution in [3.8, 4) is 5.75 Å². The van der Waals surface area contributed by atoms with Crippen LogP contribution < -0.4 is 11.5 Å². The summed E-state index contributed by atoms with van der Waals surface area (Å²) < 4.78 is 0. The van der Waals surface area contributed by atoms with Gasteiger partial charge in [0.1, 0.15) is 11.6 Å². The average Bonchev–Trinajstić information content (AvgIpc) is 3.42. The largest absolute Gasteiger partial charge is 0.507 e. The molecule has 6 N–H and O–H groups in total. The number of hydrogen-bond donors (Lipinski definition) is 4. The molecule has 2 heterocycles. The second kappa shape index (κ2) is 7.35. The standard InChI is InChI=1S/C23H28N4O2/c1-2-21(29)27-11-5-9-23(27)10-8-15(14-23)19-13-16(22(25)26-19)12-18(24)17-6-3-4-7-20(17)28/h2-4,6-7,12-13,15,26,28H,1,5,8-11,14,24-25H2/b18-12-. The van der Waals surface area contributed by atoms with Crippen LogP contribution in [0.2, 0.25) is 0 Å². The number of carbonyl (C=O) groups excluding carboxylic acids is 1. The molecule has 2 fully saturated rings. The van der Waals surface area contributed by atoms with Gasteiger partial charge in [0.05, 0.1) is 0 Å². The second-order valence-electron chi connectivity index (χ2n) is 8.17. The van der Waals surface area contributed by atoms with Crippen LogP contribution in [0.1, 0.15) is 54.8 Å². The number of carbonyl (C=O) groups is 1. The Morgan fingerprint density at radius 1 is 1.34 bits per heavy atom. The first-order valence-electron chi connectivity index (χ1n) is 10.1. The summed E-state index contributed by atoms with van der Waals surface area (Å²) in [5.41, 5.74) is 15.3. The lowest BCUT2D eigenvalue weighted by atomic mass is 9.91. The highest BCUT2D eigenvalue weighted by Gasteiger charge is 2.48. The predicted octanol–water partition coefficient (Wildman–Crippen LogP) is 3.57. The fraction of sp³-hybridized carbons (Fsp3) is 0.348. The van der Waals surface area contributed by atoms with Crippen LogP contribution in [0.25, 0.3) is 11.8 Å². The Bertz CT molecular complexity index is 977. The molecule has 1 spiro atoms. The molecular formula is C23H28N4O2. The highest BCUT2D eigenvalue weighted by atomic mass is 16.3. The van der Waals surface area contributed by atoms with E-state index in [1.54, 1.807) is 24.3 Å². The zero-order chi connectivity index (χ0) is 20.6. The van der Waals surface area contributed by atoms with E-state index in [-0.39, 0.29) is 17.2 Å². The SMILES string of the molecule is C=CC(=O)N1CCCC12CCC(c1cc(/C=C(\N)c3ccccc3O)c(N)[nH]1)C2. The number of phenols is 1. The third-order valence-corrected chi connectivity index (χ3v) is 6.49. The van der Waals surface area contributed by atoms with Crippen LogP contribution in [0.15, 0.2) is 43.0 Å². The van der Waals surface area contributed by atoms with Gasteiger partial charge >= 0.3 is 0 Å². The number of H-pyrrole nitrogens is 1. The maximum Gasteiger partial charge on any atom is 0.246 e. The summed E-state index contributed by atoms with van der Waals surface area (Å²) in [5.74, 6) is 1.06. The number of rotatable bonds is 4. The van der Waals surface area contributed by atoms with Crippen LogP contribution in [0.3, 0.4) is 0 Å². The summed E-state index contributed by atoms with van der Waals surface area (Å²) in [7, 11) is 0. The Labute approximate surface area is 170 Å². The van der Waals surface area contributed by atoms with Crippen molar-refractivity contribution in [1.82, 2.24) is 9.88 Å². The second-order valence-corrected chi connectivity index (χ2v) is 8.17. The van der Waals surface area contributed by atoms with E-state index in [1.165, 1.54) is 6.08 Å². The van der Waals surface area contributed by atoms with Crippen LogP contribution >= 0.6 is 0 Å². The van der Waals surface area contributed by atoms with Gasteiger partial charge in [-0.15, -0.1) is 0 Å². The number of aromatic nitrogens is 1. The number of nitrogens with two attached hydrogens (primary N) is 2. The highest BCUT2D eigenvalue weighted by molar-refractivity contribution is 5.88. The number of likely N-dealkylation sites (tertiary alicyclic amines) is 1. The Morgan fingerprint density at radius 3 is 2.90 bits per heavy atom. The van der Waals surface area contributed by atoms with Gasteiger partial charge in [-0.1, -0.05) is 18.7 Å². The van der Waals surface area contributed by atoms with E-state index >= 15 is 0 Å². The van der Waals surface area contributed by atoms with Crippen LogP contribution in [0.4, 0.5) is 5.82 Å². The molecule has 29 heavy (non-hydrogen) atoms. The molecule has 6 nitrogen and oxygen atoms in total. The van der Waals surface area contributed by atoms with Gasteiger partial charge in [-0.2, -0.15) is 0 Å². The number of aromatic hydroxyl groups is 1. The highest BCUT2D eigenvalue weighted by Crippen LogP contribution is 2.49. The van der Waals surface area contributed by atoms with Gasteiger partial charge in [0.2, 0.25) is 5.91 Å². The van der Waals surface area contributed by atoms with Gasteiger partial charge in [0.25, 0.3) is 0 Å². The van der Waals surface area contributed by atoms with Crippen LogP contribution in [-0.2, 0) is 4.79 Å². The molecule has 1 amide bonds. The quantitative estimate of drug-likeness (QED) is 0.596. The number of para-hydroxylation sites is 1. The number of phenolic OH excluding ortho intramolecular Hbond substituents is 1. The summed E-state index contributed by atoms with van der Waals surface area (Å²) in [4.78, 5) is 17.6. The number of aromatic amines is 1. The molecule has 6 heteroatoms. The van der Waals surface area contributed by atoms with Crippen molar-refractivity contribution in [2.24, 2.45) is 5.73 Å². The molecule has 0 bridgehead atoms. The molecule has 2 atom stereocenters. The third kappa shape index (κ3) is 3.39. The van der Waals surface area contributed by atoms with Crippen molar-refractivity contribution in [3.63, 3.8) is 0 Å². The van der Waals surface area contributed by atoms with E-state index in [2.05, 4.69) is 11.6 Å². The van der Waals surface area contributed by atoms with E-state index in [0.29, 0.717) is 23.0 Å². The third-order valence-electron chi connectivity index (χ3n) is 6.49. The Hall–Kier alpha value is -3.15. The van der Waals surface area contributed by atoms with Crippen LogP contribution in [-0.4, -0.2) is 33.0 Å². The summed E-state index contributed by atoms with van der Waals surface area (Å²) in [6.45, 7) is 4.48. The number of anilines is 1. The molecule has 2 aromatic rings. The van der Waals surface area contributed by atoms with Crippen molar-refractivity contribution >= 4 is 23.5 Å². The minimum absolute atomic E-state index is 0.0354. The monoisotopic (exact) mass is 392 g/mol. The lowest BCUT2D eigenvalue weighted by Crippen LogP contribution is -2.44. The summed E-state index contributed by atoms with van der Waals surface area (Å²) >= 11 is 0. The summed E-state index contributed by atoms with van der Waals surface area (Å²) in [6, 6.07) is 9.01. The summed E-state index contributed by atoms with van der Waals surface area (Å²) in [5, 5.41) is 10.0. The molecule has 1 aromatic heterocycles. The van der Waals surface area contributed by atoms with E-state index in [1.807, 2.05) is 17.0 Å². The fourth-order valence-corrected chi connectivity index (χ4v) is 5.05. The number of amides is 1. The molecule has 2 unspecified atom stereocenters. The lowest BCUT2D eigenvalue weighted by Gasteiger charge is -2.34. The normalized spacial score (nSPS) is 24.3. The van der Waals surface area contributed by atoms with Crippen molar-refractivity contribution in [2.45, 2.75) is 43.6 Å². The van der Waals surface area contributed by atoms with E-state index < -0.39 is 0 Å². The molecule has 2 aliphatic rings. The topological polar surface area (TPSA) is 108 Å². The number of nitrogens with zero attached hydrogens (tertiary/aromatic N) is 1. The Morgan fingerprint density at radius 2 is 2.14 bits per heavy atom. The number of benzene rings is 1. The van der Waals surface area contributed by atoms with Crippen molar-refractivity contribution in [2.75, 3.05) is 12.3 Å². The van der Waals surface area contributed by atoms with Gasteiger partial charge in [-0.25, -0.2) is 0 Å². The Kier molecular flexibility index (Phi) is 4.86. The van der Waals surface area contributed by atoms with Crippen molar-refractivity contribution in [1.29, 1.82) is 0 Å². The maximum atomic E-state index is 12.3. The molecule has 0 radical (unpaired) electrons. The first kappa shape index (κ1) is 19.2. The van der Waals surface area contributed by atoms with Crippen LogP contribution in [0, 0.1) is 0 Å². The molecule has 1 saturated heterocycles. The first-order chi connectivity index (χ1) is 13.9. The smallest absolute Gasteiger partial charge is 0.246 e. The molecule has 1 saturated carbocycles. The van der Waals surface area contributed by atoms with E-state index in [4.69, 9.17) is 11.5 Å². The number of nitrogens with one attached hydrogen (secondary N) is 1. The van der Waals surface area contributed by atoms with Crippen molar-refractivity contribution in [3.05, 3.63) is 59.8 Å². The molecule has 1 aliphatic heterocycles. The zero-order valence-electron chi connectivity index (χ0n) is 16.5. The first-order valence-corrected chi connectivity index (χ1v) is 10.1. The van der Waals surface area contributed by atoms with Gasteiger partial charge in [0.15, 0.2) is 0 Å². The molecule has 1 aromatic carbocycles. The average molecular weight is 393 g/mol. The van der Waals surface area contributed by atoms with Gasteiger partial charge < -0.3 is 26.5 Å². The fourth-order valence-electron chi connectivity index (χ4n) is 5.05. The van der Waals surface area contributed by atoms with Gasteiger partial charge in [0, 0.05) is 40.5 Å². The number of nitrogen functional groups attached to an aromatic ring is 1. The van der Waals surface area contributed by atoms with Crippen molar-refractivity contribution < 1.29 is 9.90 Å².